The van der Waals surface area contributed by atoms with Gasteiger partial charge in [0.2, 0.25) is 0 Å². The molecule has 4 N–H and O–H groups in total. The first-order valence-electron chi connectivity index (χ1n) is 11.6. The minimum atomic E-state index is -0.245. The fourth-order valence-corrected chi connectivity index (χ4v) is 3.53. The molecule has 2 aromatic heterocycles. The summed E-state index contributed by atoms with van der Waals surface area (Å²) in [5.41, 5.74) is 4.43. The zero-order valence-corrected chi connectivity index (χ0v) is 20.0. The molecule has 0 spiro atoms. The fourth-order valence-electron chi connectivity index (χ4n) is 3.53. The highest BCUT2D eigenvalue weighted by atomic mass is 16.2. The maximum absolute atomic E-state index is 12.5. The van der Waals surface area contributed by atoms with Crippen LogP contribution in [0.2, 0.25) is 0 Å². The average Bonchev–Trinajstić information content (AvgIpc) is 2.90. The van der Waals surface area contributed by atoms with Gasteiger partial charge in [0.1, 0.15) is 5.82 Å². The van der Waals surface area contributed by atoms with Gasteiger partial charge >= 0.3 is 6.03 Å². The normalized spacial score (nSPS) is 11.3. The van der Waals surface area contributed by atoms with Crippen LogP contribution in [0.3, 0.4) is 0 Å². The van der Waals surface area contributed by atoms with Gasteiger partial charge in [0.15, 0.2) is 0 Å². The van der Waals surface area contributed by atoms with Crippen LogP contribution in [0.4, 0.5) is 22.0 Å². The monoisotopic (exact) mass is 481 g/mol. The summed E-state index contributed by atoms with van der Waals surface area (Å²) in [4.78, 5) is 37.2. The van der Waals surface area contributed by atoms with E-state index in [1.165, 1.54) is 6.20 Å². The van der Waals surface area contributed by atoms with Crippen molar-refractivity contribution in [3.63, 3.8) is 0 Å². The van der Waals surface area contributed by atoms with Crippen molar-refractivity contribution < 1.29 is 9.59 Å². The van der Waals surface area contributed by atoms with E-state index in [2.05, 4.69) is 36.2 Å². The Morgan fingerprint density at radius 3 is 2.47 bits per heavy atom. The summed E-state index contributed by atoms with van der Waals surface area (Å²) < 4.78 is 0. The Bertz CT molecular complexity index is 1330. The molecule has 1 atom stereocenters. The van der Waals surface area contributed by atoms with Gasteiger partial charge in [-0.05, 0) is 55.8 Å². The van der Waals surface area contributed by atoms with Crippen molar-refractivity contribution in [3.8, 4) is 11.3 Å². The molecule has 9 heteroatoms. The fraction of sp³-hybridized carbons (Fsp3) is 0.148. The number of hydrogen-bond donors (Lipinski definition) is 4. The Labute approximate surface area is 209 Å². The number of anilines is 3. The predicted molar refractivity (Wildman–Crippen MR) is 141 cm³/mol. The molecule has 2 heterocycles. The van der Waals surface area contributed by atoms with Crippen molar-refractivity contribution in [3.05, 3.63) is 96.6 Å². The van der Waals surface area contributed by atoms with Crippen molar-refractivity contribution in [1.82, 2.24) is 20.3 Å². The minimum absolute atomic E-state index is 0.0894. The van der Waals surface area contributed by atoms with Gasteiger partial charge in [-0.1, -0.05) is 24.3 Å². The molecule has 0 aliphatic carbocycles. The summed E-state index contributed by atoms with van der Waals surface area (Å²) >= 11 is 0. The molecule has 0 fully saturated rings. The molecule has 9 nitrogen and oxygen atoms in total. The molecule has 0 saturated carbocycles. The topological polar surface area (TPSA) is 121 Å². The number of nitrogens with one attached hydrogen (secondary N) is 4. The van der Waals surface area contributed by atoms with E-state index in [0.717, 1.165) is 11.1 Å². The van der Waals surface area contributed by atoms with Crippen LogP contribution in [0, 0.1) is 0 Å². The predicted octanol–water partition coefficient (Wildman–Crippen LogP) is 5.11. The number of pyridine rings is 1. The van der Waals surface area contributed by atoms with Gasteiger partial charge in [0.05, 0.1) is 29.7 Å². The highest BCUT2D eigenvalue weighted by molar-refractivity contribution is 6.04. The second-order valence-electron chi connectivity index (χ2n) is 8.04. The third kappa shape index (κ3) is 6.41. The van der Waals surface area contributed by atoms with Crippen molar-refractivity contribution in [1.29, 1.82) is 0 Å². The Kier molecular flexibility index (Phi) is 7.82. The van der Waals surface area contributed by atoms with Gasteiger partial charge in [0.25, 0.3) is 5.91 Å². The highest BCUT2D eigenvalue weighted by Gasteiger charge is 2.11. The lowest BCUT2D eigenvalue weighted by molar-refractivity contribution is 0.102. The summed E-state index contributed by atoms with van der Waals surface area (Å²) in [7, 11) is 0. The first-order valence-corrected chi connectivity index (χ1v) is 11.6. The third-order valence-electron chi connectivity index (χ3n) is 5.34. The summed E-state index contributed by atoms with van der Waals surface area (Å²) in [5, 5.41) is 11.7. The maximum Gasteiger partial charge on any atom is 0.319 e. The van der Waals surface area contributed by atoms with Gasteiger partial charge in [0, 0.05) is 35.9 Å². The molecule has 0 bridgehead atoms. The van der Waals surface area contributed by atoms with Gasteiger partial charge in [-0.15, -0.1) is 0 Å². The molecule has 2 aromatic carbocycles. The second kappa shape index (κ2) is 11.6. The van der Waals surface area contributed by atoms with E-state index in [1.54, 1.807) is 30.7 Å². The molecule has 36 heavy (non-hydrogen) atoms. The smallest absolute Gasteiger partial charge is 0.319 e. The van der Waals surface area contributed by atoms with E-state index < -0.39 is 0 Å². The van der Waals surface area contributed by atoms with Crippen LogP contribution < -0.4 is 21.3 Å². The molecule has 0 radical (unpaired) electrons. The Morgan fingerprint density at radius 2 is 1.72 bits per heavy atom. The Hall–Kier alpha value is -4.79. The van der Waals surface area contributed by atoms with Crippen LogP contribution in [-0.4, -0.2) is 33.4 Å². The minimum Gasteiger partial charge on any atom is -0.362 e. The number of aromatic nitrogens is 3. The highest BCUT2D eigenvalue weighted by Crippen LogP contribution is 2.24. The molecular formula is C27H27N7O2. The number of carbonyl (C=O) groups is 2. The molecule has 182 valence electrons. The van der Waals surface area contributed by atoms with Gasteiger partial charge in [-0.3, -0.25) is 14.8 Å². The summed E-state index contributed by atoms with van der Waals surface area (Å²) in [6.45, 7) is 4.43. The van der Waals surface area contributed by atoms with Crippen LogP contribution in [0.25, 0.3) is 11.3 Å². The quantitative estimate of drug-likeness (QED) is 0.278. The number of benzene rings is 2. The summed E-state index contributed by atoms with van der Waals surface area (Å²) in [6.07, 6.45) is 6.52. The molecule has 0 aliphatic heterocycles. The molecule has 4 aromatic rings. The summed E-state index contributed by atoms with van der Waals surface area (Å²) in [6, 6.07) is 18.2. The molecule has 4 rings (SSSR count). The largest absolute Gasteiger partial charge is 0.362 e. The Morgan fingerprint density at radius 1 is 0.889 bits per heavy atom. The van der Waals surface area contributed by atoms with Crippen molar-refractivity contribution in [2.24, 2.45) is 0 Å². The van der Waals surface area contributed by atoms with E-state index in [9.17, 15) is 9.59 Å². The van der Waals surface area contributed by atoms with Crippen LogP contribution in [0.1, 0.15) is 35.8 Å². The molecule has 0 saturated heterocycles. The van der Waals surface area contributed by atoms with E-state index in [4.69, 9.17) is 0 Å². The molecule has 0 aliphatic rings. The number of urea groups is 1. The van der Waals surface area contributed by atoms with E-state index in [1.807, 2.05) is 62.4 Å². The lowest BCUT2D eigenvalue weighted by Crippen LogP contribution is -2.28. The standard InChI is InChI=1S/C27H27N7O2/c1-3-30-27(36)33-22-11-9-19(10-12-22)24-16-29-17-25(34-24)31-18(2)20-6-4-8-23(14-20)32-26(35)21-7-5-13-28-15-21/h4-18H,3H2,1-2H3,(H,31,34)(H,32,35)(H2,30,33,36)/t18-/m0/s1. The van der Waals surface area contributed by atoms with Crippen molar-refractivity contribution >= 4 is 29.1 Å². The number of carbonyl (C=O) groups excluding carboxylic acids is 2. The van der Waals surface area contributed by atoms with Gasteiger partial charge in [-0.25, -0.2) is 9.78 Å². The molecular weight excluding hydrogens is 454 g/mol. The number of amides is 3. The lowest BCUT2D eigenvalue weighted by Gasteiger charge is -2.16. The van der Waals surface area contributed by atoms with Crippen LogP contribution >= 0.6 is 0 Å². The zero-order valence-electron chi connectivity index (χ0n) is 20.0. The SMILES string of the molecule is CCNC(=O)Nc1ccc(-c2cncc(N[C@@H](C)c3cccc(NC(=O)c4cccnc4)c3)n2)cc1. The molecule has 3 amide bonds. The average molecular weight is 482 g/mol. The Balaban J connectivity index is 1.42. The zero-order chi connectivity index (χ0) is 25.3. The third-order valence-corrected chi connectivity index (χ3v) is 5.34. The van der Waals surface area contributed by atoms with E-state index in [0.29, 0.717) is 35.0 Å². The van der Waals surface area contributed by atoms with Crippen LogP contribution in [0.15, 0.2) is 85.5 Å². The maximum atomic E-state index is 12.5. The van der Waals surface area contributed by atoms with Crippen LogP contribution in [0.5, 0.6) is 0 Å². The van der Waals surface area contributed by atoms with Gasteiger partial charge < -0.3 is 21.3 Å². The van der Waals surface area contributed by atoms with Crippen LogP contribution in [-0.2, 0) is 0 Å². The lowest BCUT2D eigenvalue weighted by atomic mass is 10.1. The first-order chi connectivity index (χ1) is 17.5. The van der Waals surface area contributed by atoms with E-state index >= 15 is 0 Å². The molecule has 0 unspecified atom stereocenters. The number of hydrogen-bond acceptors (Lipinski definition) is 6. The van der Waals surface area contributed by atoms with Crippen molar-refractivity contribution in [2.45, 2.75) is 19.9 Å². The number of rotatable bonds is 8. The van der Waals surface area contributed by atoms with E-state index in [-0.39, 0.29) is 18.0 Å². The van der Waals surface area contributed by atoms with Gasteiger partial charge in [-0.2, -0.15) is 0 Å². The number of nitrogens with zero attached hydrogens (tertiary/aromatic N) is 3. The van der Waals surface area contributed by atoms with Crippen molar-refractivity contribution in [2.75, 3.05) is 22.5 Å². The summed E-state index contributed by atoms with van der Waals surface area (Å²) in [5.74, 6) is 0.404. The second-order valence-corrected chi connectivity index (χ2v) is 8.04. The first kappa shape index (κ1) is 24.3.